The summed E-state index contributed by atoms with van der Waals surface area (Å²) in [6.45, 7) is 11.0. The van der Waals surface area contributed by atoms with Crippen LogP contribution in [0.4, 0.5) is 0 Å². The van der Waals surface area contributed by atoms with Crippen molar-refractivity contribution in [3.8, 4) is 0 Å². The molecule has 2 nitrogen and oxygen atoms in total. The minimum atomic E-state index is 0.557. The van der Waals surface area contributed by atoms with Gasteiger partial charge in [-0.15, -0.1) is 0 Å². The van der Waals surface area contributed by atoms with Crippen LogP contribution in [0.3, 0.4) is 0 Å². The zero-order valence-electron chi connectivity index (χ0n) is 12.9. The molecule has 1 heterocycles. The summed E-state index contributed by atoms with van der Waals surface area (Å²) in [6, 6.07) is 0.835. The fourth-order valence-electron chi connectivity index (χ4n) is 3.83. The normalized spacial score (nSPS) is 33.2. The molecule has 2 rings (SSSR count). The van der Waals surface area contributed by atoms with E-state index < -0.39 is 0 Å². The van der Waals surface area contributed by atoms with E-state index in [1.54, 1.807) is 0 Å². The topological polar surface area (TPSA) is 15.3 Å². The highest BCUT2D eigenvalue weighted by Gasteiger charge is 2.36. The van der Waals surface area contributed by atoms with Crippen molar-refractivity contribution in [3.05, 3.63) is 0 Å². The van der Waals surface area contributed by atoms with Gasteiger partial charge in [-0.1, -0.05) is 20.8 Å². The fraction of sp³-hybridized carbons (Fsp3) is 1.00. The van der Waals surface area contributed by atoms with Crippen LogP contribution in [0.2, 0.25) is 0 Å². The van der Waals surface area contributed by atoms with Gasteiger partial charge < -0.3 is 10.2 Å². The van der Waals surface area contributed by atoms with Gasteiger partial charge >= 0.3 is 0 Å². The maximum atomic E-state index is 3.56. The predicted molar refractivity (Wildman–Crippen MR) is 78.9 cm³/mol. The number of hydrogen-bond acceptors (Lipinski definition) is 2. The van der Waals surface area contributed by atoms with Crippen LogP contribution in [-0.4, -0.2) is 37.6 Å². The predicted octanol–water partition coefficient (Wildman–Crippen LogP) is 3.28. The van der Waals surface area contributed by atoms with Crippen molar-refractivity contribution in [2.75, 3.05) is 26.7 Å². The second-order valence-electron chi connectivity index (χ2n) is 7.59. The molecule has 1 saturated heterocycles. The lowest BCUT2D eigenvalue weighted by atomic mass is 9.74. The molecule has 2 fully saturated rings. The van der Waals surface area contributed by atoms with Crippen molar-refractivity contribution in [1.29, 1.82) is 0 Å². The molecule has 0 aromatic heterocycles. The Bertz CT molecular complexity index is 256. The van der Waals surface area contributed by atoms with Crippen molar-refractivity contribution in [2.24, 2.45) is 10.8 Å². The summed E-state index contributed by atoms with van der Waals surface area (Å²) in [7, 11) is 2.36. The summed E-state index contributed by atoms with van der Waals surface area (Å²) in [4.78, 5) is 2.67. The van der Waals surface area contributed by atoms with E-state index in [4.69, 9.17) is 0 Å². The van der Waals surface area contributed by atoms with Gasteiger partial charge in [0.15, 0.2) is 0 Å². The SMILES string of the molecule is CCC1(CN(C)C2CCC(C)(C)CC2)CCNC1. The Balaban J connectivity index is 1.86. The molecule has 0 radical (unpaired) electrons. The van der Waals surface area contributed by atoms with E-state index in [1.165, 1.54) is 58.2 Å². The first kappa shape index (κ1) is 14.3. The zero-order chi connectivity index (χ0) is 13.2. The summed E-state index contributed by atoms with van der Waals surface area (Å²) in [5.74, 6) is 0. The monoisotopic (exact) mass is 252 g/mol. The van der Waals surface area contributed by atoms with E-state index in [2.05, 4.69) is 38.0 Å². The van der Waals surface area contributed by atoms with Crippen LogP contribution < -0.4 is 5.32 Å². The third-order valence-corrected chi connectivity index (χ3v) is 5.60. The maximum absolute atomic E-state index is 3.56. The van der Waals surface area contributed by atoms with Crippen LogP contribution in [0, 0.1) is 10.8 Å². The number of nitrogens with one attached hydrogen (secondary N) is 1. The first-order valence-electron chi connectivity index (χ1n) is 7.87. The lowest BCUT2D eigenvalue weighted by Crippen LogP contribution is -2.44. The number of rotatable bonds is 4. The molecule has 0 amide bonds. The zero-order valence-corrected chi connectivity index (χ0v) is 12.9. The van der Waals surface area contributed by atoms with E-state index in [9.17, 15) is 0 Å². The Labute approximate surface area is 114 Å². The first-order chi connectivity index (χ1) is 8.46. The molecule has 0 aromatic rings. The molecule has 1 saturated carbocycles. The Morgan fingerprint density at radius 2 is 1.83 bits per heavy atom. The van der Waals surface area contributed by atoms with E-state index >= 15 is 0 Å². The van der Waals surface area contributed by atoms with Crippen LogP contribution in [0.1, 0.15) is 59.3 Å². The highest BCUT2D eigenvalue weighted by molar-refractivity contribution is 4.91. The summed E-state index contributed by atoms with van der Waals surface area (Å²) in [5.41, 5.74) is 1.15. The number of nitrogens with zero attached hydrogens (tertiary/aromatic N) is 1. The molecule has 1 unspecified atom stereocenters. The maximum Gasteiger partial charge on any atom is 0.00928 e. The van der Waals surface area contributed by atoms with E-state index in [0.29, 0.717) is 10.8 Å². The highest BCUT2D eigenvalue weighted by Crippen LogP contribution is 2.38. The van der Waals surface area contributed by atoms with Crippen molar-refractivity contribution in [3.63, 3.8) is 0 Å². The highest BCUT2D eigenvalue weighted by atomic mass is 15.1. The van der Waals surface area contributed by atoms with Gasteiger partial charge in [0, 0.05) is 19.1 Å². The van der Waals surface area contributed by atoms with Crippen LogP contribution in [0.25, 0.3) is 0 Å². The molecule has 0 aromatic carbocycles. The van der Waals surface area contributed by atoms with Crippen LogP contribution in [-0.2, 0) is 0 Å². The molecular formula is C16H32N2. The minimum absolute atomic E-state index is 0.557. The first-order valence-corrected chi connectivity index (χ1v) is 7.87. The lowest BCUT2D eigenvalue weighted by molar-refractivity contribution is 0.0879. The van der Waals surface area contributed by atoms with Gasteiger partial charge in [0.25, 0.3) is 0 Å². The van der Waals surface area contributed by atoms with Crippen LogP contribution in [0.5, 0.6) is 0 Å². The number of hydrogen-bond donors (Lipinski definition) is 1. The van der Waals surface area contributed by atoms with E-state index in [0.717, 1.165) is 6.04 Å². The Kier molecular flexibility index (Phi) is 4.38. The summed E-state index contributed by atoms with van der Waals surface area (Å²) >= 11 is 0. The molecule has 18 heavy (non-hydrogen) atoms. The molecule has 1 aliphatic carbocycles. The molecular weight excluding hydrogens is 220 g/mol. The molecule has 1 atom stereocenters. The van der Waals surface area contributed by atoms with Crippen molar-refractivity contribution >= 4 is 0 Å². The second kappa shape index (κ2) is 5.50. The van der Waals surface area contributed by atoms with Crippen LogP contribution in [0.15, 0.2) is 0 Å². The average molecular weight is 252 g/mol. The van der Waals surface area contributed by atoms with Gasteiger partial charge in [0.2, 0.25) is 0 Å². The molecule has 106 valence electrons. The third-order valence-electron chi connectivity index (χ3n) is 5.60. The van der Waals surface area contributed by atoms with E-state index in [-0.39, 0.29) is 0 Å². The Hall–Kier alpha value is -0.0800. The van der Waals surface area contributed by atoms with Gasteiger partial charge in [-0.2, -0.15) is 0 Å². The fourth-order valence-corrected chi connectivity index (χ4v) is 3.83. The van der Waals surface area contributed by atoms with Crippen molar-refractivity contribution < 1.29 is 0 Å². The molecule has 2 aliphatic rings. The molecule has 1 aliphatic heterocycles. The van der Waals surface area contributed by atoms with Gasteiger partial charge in [-0.25, -0.2) is 0 Å². The quantitative estimate of drug-likeness (QED) is 0.826. The van der Waals surface area contributed by atoms with Crippen LogP contribution >= 0.6 is 0 Å². The minimum Gasteiger partial charge on any atom is -0.316 e. The van der Waals surface area contributed by atoms with E-state index in [1.807, 2.05) is 0 Å². The molecule has 0 bridgehead atoms. The Morgan fingerprint density at radius 1 is 1.17 bits per heavy atom. The Morgan fingerprint density at radius 3 is 2.33 bits per heavy atom. The smallest absolute Gasteiger partial charge is 0.00928 e. The summed E-state index contributed by atoms with van der Waals surface area (Å²) in [5, 5.41) is 3.56. The van der Waals surface area contributed by atoms with Crippen molar-refractivity contribution in [1.82, 2.24) is 10.2 Å². The van der Waals surface area contributed by atoms with Gasteiger partial charge in [0.05, 0.1) is 0 Å². The standard InChI is InChI=1S/C16H32N2/c1-5-16(10-11-17-12-16)13-18(4)14-6-8-15(2,3)9-7-14/h14,17H,5-13H2,1-4H3. The van der Waals surface area contributed by atoms with Gasteiger partial charge in [-0.3, -0.25) is 0 Å². The molecule has 1 N–H and O–H groups in total. The second-order valence-corrected chi connectivity index (χ2v) is 7.59. The van der Waals surface area contributed by atoms with Crippen molar-refractivity contribution in [2.45, 2.75) is 65.3 Å². The summed E-state index contributed by atoms with van der Waals surface area (Å²) in [6.07, 6.45) is 8.29. The molecule has 0 spiro atoms. The van der Waals surface area contributed by atoms with Gasteiger partial charge in [-0.05, 0) is 62.9 Å². The summed E-state index contributed by atoms with van der Waals surface area (Å²) < 4.78 is 0. The van der Waals surface area contributed by atoms with Gasteiger partial charge in [0.1, 0.15) is 0 Å². The average Bonchev–Trinajstić information content (AvgIpc) is 2.78. The third kappa shape index (κ3) is 3.27. The molecule has 2 heteroatoms. The largest absolute Gasteiger partial charge is 0.316 e. The lowest BCUT2D eigenvalue weighted by Gasteiger charge is -2.42.